The smallest absolute Gasteiger partial charge is 0.233 e. The third-order valence-corrected chi connectivity index (χ3v) is 10.9. The number of piperidine rings is 1. The van der Waals surface area contributed by atoms with E-state index in [2.05, 4.69) is 48.9 Å². The van der Waals surface area contributed by atoms with E-state index < -0.39 is 23.7 Å². The molecule has 2 aromatic carbocycles. The summed E-state index contributed by atoms with van der Waals surface area (Å²) in [6.45, 7) is 2.45. The van der Waals surface area contributed by atoms with Crippen LogP contribution in [-0.2, 0) is 25.7 Å². The fourth-order valence-corrected chi connectivity index (χ4v) is 8.71. The van der Waals surface area contributed by atoms with Crippen LogP contribution in [0.25, 0.3) is 0 Å². The minimum Gasteiger partial charge on any atom is -0.508 e. The summed E-state index contributed by atoms with van der Waals surface area (Å²) >= 11 is 6.75. The lowest BCUT2D eigenvalue weighted by Gasteiger charge is -2.42. The summed E-state index contributed by atoms with van der Waals surface area (Å²) in [7, 11) is 0. The standard InChI is InChI=1S/C34H30Br2N2O5/c35-19-6-9-27(39)24(14-19)29-21-7-8-22-30(23(21)15-25-31(29)28(40)16-26(36)32(25)41)34(43)38(33(22)42)20-10-12-37(13-11-20)17-18-4-2-1-3-5-18/h1-7,9,14,16,20,22-23,29-30,39H,8,10-13,15,17H2. The summed E-state index contributed by atoms with van der Waals surface area (Å²) in [5.41, 5.74) is 3.29. The Labute approximate surface area is 266 Å². The summed E-state index contributed by atoms with van der Waals surface area (Å²) in [4.78, 5) is 58.8. The second kappa shape index (κ2) is 11.1. The predicted molar refractivity (Wildman–Crippen MR) is 167 cm³/mol. The minimum atomic E-state index is -0.682. The number of hydrogen-bond donors (Lipinski definition) is 1. The number of allylic oxidation sites excluding steroid dienone is 6. The third kappa shape index (κ3) is 4.80. The SMILES string of the molecule is O=C1C=C(Br)C(=O)C2=C1C(c1cc(Br)ccc1O)C1=CCC3C(=O)N(C4CCN(Cc5ccccc5)CC4)C(=O)C3C1C2. The Morgan fingerprint density at radius 3 is 2.40 bits per heavy atom. The van der Waals surface area contributed by atoms with Crippen molar-refractivity contribution in [3.8, 4) is 5.75 Å². The first-order valence-corrected chi connectivity index (χ1v) is 16.3. The lowest BCUT2D eigenvalue weighted by Crippen LogP contribution is -2.47. The number of carbonyl (C=O) groups is 4. The van der Waals surface area contributed by atoms with Crippen LogP contribution in [0.3, 0.4) is 0 Å². The van der Waals surface area contributed by atoms with E-state index in [-0.39, 0.29) is 46.1 Å². The van der Waals surface area contributed by atoms with Crippen LogP contribution < -0.4 is 0 Å². The third-order valence-electron chi connectivity index (χ3n) is 9.84. The Bertz CT molecular complexity index is 1650. The molecule has 2 amide bonds. The monoisotopic (exact) mass is 704 g/mol. The van der Waals surface area contributed by atoms with Crippen LogP contribution in [-0.4, -0.2) is 57.4 Å². The second-order valence-electron chi connectivity index (χ2n) is 12.1. The molecule has 0 bridgehead atoms. The number of benzene rings is 2. The normalized spacial score (nSPS) is 28.0. The highest BCUT2D eigenvalue weighted by atomic mass is 79.9. The van der Waals surface area contributed by atoms with Crippen LogP contribution >= 0.6 is 31.9 Å². The number of likely N-dealkylation sites (tertiary alicyclic amines) is 2. The molecule has 0 saturated carbocycles. The van der Waals surface area contributed by atoms with Gasteiger partial charge in [-0.05, 0) is 71.3 Å². The van der Waals surface area contributed by atoms with E-state index in [4.69, 9.17) is 0 Å². The highest BCUT2D eigenvalue weighted by Crippen LogP contribution is 2.56. The van der Waals surface area contributed by atoms with Crippen molar-refractivity contribution in [2.75, 3.05) is 13.1 Å². The molecule has 220 valence electrons. The van der Waals surface area contributed by atoms with E-state index in [1.807, 2.05) is 24.3 Å². The van der Waals surface area contributed by atoms with Crippen molar-refractivity contribution >= 4 is 55.2 Å². The number of halogens is 2. The molecule has 2 fully saturated rings. The van der Waals surface area contributed by atoms with Crippen molar-refractivity contribution in [1.29, 1.82) is 0 Å². The van der Waals surface area contributed by atoms with Gasteiger partial charge in [0.15, 0.2) is 11.6 Å². The number of aromatic hydroxyl groups is 1. The van der Waals surface area contributed by atoms with Crippen molar-refractivity contribution in [3.05, 3.63) is 97.5 Å². The summed E-state index contributed by atoms with van der Waals surface area (Å²) in [6.07, 6.45) is 5.34. The van der Waals surface area contributed by atoms with E-state index in [0.717, 1.165) is 42.5 Å². The van der Waals surface area contributed by atoms with E-state index in [0.29, 0.717) is 23.1 Å². The minimum absolute atomic E-state index is 0.00954. The zero-order chi connectivity index (χ0) is 30.0. The molecular weight excluding hydrogens is 676 g/mol. The maximum absolute atomic E-state index is 14.2. The Balaban J connectivity index is 1.19. The number of imide groups is 1. The molecule has 0 aromatic heterocycles. The number of ketones is 2. The second-order valence-corrected chi connectivity index (χ2v) is 13.9. The molecule has 7 nitrogen and oxygen atoms in total. The van der Waals surface area contributed by atoms with Gasteiger partial charge in [-0.2, -0.15) is 0 Å². The van der Waals surface area contributed by atoms with Crippen molar-refractivity contribution < 1.29 is 24.3 Å². The number of phenolic OH excluding ortho intramolecular Hbond substituents is 1. The predicted octanol–water partition coefficient (Wildman–Crippen LogP) is 5.58. The fourth-order valence-electron chi connectivity index (χ4n) is 7.88. The fraction of sp³-hybridized carbons (Fsp3) is 0.353. The molecule has 2 saturated heterocycles. The number of Topliss-reactive ketones (excluding diaryl/α,β-unsaturated/α-hetero) is 1. The van der Waals surface area contributed by atoms with Crippen molar-refractivity contribution in [2.45, 2.75) is 44.2 Å². The molecular formula is C34H30Br2N2O5. The number of rotatable bonds is 4. The van der Waals surface area contributed by atoms with Crippen molar-refractivity contribution in [2.24, 2.45) is 17.8 Å². The highest BCUT2D eigenvalue weighted by molar-refractivity contribution is 9.12. The first-order chi connectivity index (χ1) is 20.7. The Kier molecular flexibility index (Phi) is 7.38. The average molecular weight is 706 g/mol. The zero-order valence-electron chi connectivity index (χ0n) is 23.3. The summed E-state index contributed by atoms with van der Waals surface area (Å²) in [6, 6.07) is 15.2. The lowest BCUT2D eigenvalue weighted by molar-refractivity contribution is -0.144. The van der Waals surface area contributed by atoms with Crippen LogP contribution in [0.5, 0.6) is 5.75 Å². The molecule has 5 aliphatic rings. The van der Waals surface area contributed by atoms with Gasteiger partial charge in [0.25, 0.3) is 0 Å². The largest absolute Gasteiger partial charge is 0.508 e. The Morgan fingerprint density at radius 2 is 1.65 bits per heavy atom. The summed E-state index contributed by atoms with van der Waals surface area (Å²) in [5.74, 6) is -3.05. The quantitative estimate of drug-likeness (QED) is 0.254. The lowest BCUT2D eigenvalue weighted by atomic mass is 9.59. The Hall–Kier alpha value is -3.14. The first kappa shape index (κ1) is 28.6. The van der Waals surface area contributed by atoms with Gasteiger partial charge in [-0.3, -0.25) is 29.0 Å². The van der Waals surface area contributed by atoms with Gasteiger partial charge in [0.1, 0.15) is 5.75 Å². The molecule has 1 N–H and O–H groups in total. The number of fused-ring (bicyclic) bond motifs is 3. The number of amides is 2. The van der Waals surface area contributed by atoms with Crippen molar-refractivity contribution in [1.82, 2.24) is 9.80 Å². The van der Waals surface area contributed by atoms with Gasteiger partial charge >= 0.3 is 0 Å². The van der Waals surface area contributed by atoms with E-state index in [1.165, 1.54) is 16.5 Å². The number of nitrogens with zero attached hydrogens (tertiary/aromatic N) is 2. The first-order valence-electron chi connectivity index (χ1n) is 14.7. The van der Waals surface area contributed by atoms with Crippen molar-refractivity contribution in [3.63, 3.8) is 0 Å². The van der Waals surface area contributed by atoms with Gasteiger partial charge in [-0.1, -0.05) is 57.9 Å². The van der Waals surface area contributed by atoms with Gasteiger partial charge in [0.05, 0.1) is 16.3 Å². The van der Waals surface area contributed by atoms with E-state index in [9.17, 15) is 24.3 Å². The molecule has 43 heavy (non-hydrogen) atoms. The Morgan fingerprint density at radius 1 is 0.907 bits per heavy atom. The molecule has 0 radical (unpaired) electrons. The van der Waals surface area contributed by atoms with Crippen LogP contribution in [0.4, 0.5) is 0 Å². The molecule has 3 aliphatic carbocycles. The number of carbonyl (C=O) groups excluding carboxylic acids is 4. The molecule has 2 heterocycles. The zero-order valence-corrected chi connectivity index (χ0v) is 26.5. The average Bonchev–Trinajstić information content (AvgIpc) is 3.26. The maximum atomic E-state index is 14.2. The van der Waals surface area contributed by atoms with Gasteiger partial charge in [-0.25, -0.2) is 0 Å². The molecule has 2 aromatic rings. The molecule has 0 spiro atoms. The van der Waals surface area contributed by atoms with Gasteiger partial charge in [-0.15, -0.1) is 0 Å². The maximum Gasteiger partial charge on any atom is 0.233 e. The highest BCUT2D eigenvalue weighted by Gasteiger charge is 2.57. The molecule has 7 rings (SSSR count). The molecule has 4 atom stereocenters. The van der Waals surface area contributed by atoms with Crippen LogP contribution in [0.2, 0.25) is 0 Å². The van der Waals surface area contributed by atoms with Crippen LogP contribution in [0.15, 0.2) is 86.4 Å². The van der Waals surface area contributed by atoms with E-state index in [1.54, 1.807) is 18.2 Å². The number of hydrogen-bond acceptors (Lipinski definition) is 6. The van der Waals surface area contributed by atoms with Crippen LogP contribution in [0, 0.1) is 17.8 Å². The van der Waals surface area contributed by atoms with Gasteiger partial charge in [0, 0.05) is 58.9 Å². The number of phenols is 1. The van der Waals surface area contributed by atoms with Gasteiger partial charge < -0.3 is 5.11 Å². The topological polar surface area (TPSA) is 95.0 Å². The molecule has 2 aliphatic heterocycles. The molecule has 9 heteroatoms. The van der Waals surface area contributed by atoms with Crippen LogP contribution in [0.1, 0.15) is 42.7 Å². The van der Waals surface area contributed by atoms with E-state index >= 15 is 0 Å². The van der Waals surface area contributed by atoms with Gasteiger partial charge in [0.2, 0.25) is 11.8 Å². The summed E-state index contributed by atoms with van der Waals surface area (Å²) in [5, 5.41) is 11.0. The molecule has 4 unspecified atom stereocenters. The summed E-state index contributed by atoms with van der Waals surface area (Å²) < 4.78 is 0.910.